The first-order valence-electron chi connectivity index (χ1n) is 5.82. The quantitative estimate of drug-likeness (QED) is 0.810. The summed E-state index contributed by atoms with van der Waals surface area (Å²) in [5.74, 6) is 0. The van der Waals surface area contributed by atoms with Crippen LogP contribution in [0.3, 0.4) is 0 Å². The number of halogens is 1. The molecule has 0 fully saturated rings. The minimum atomic E-state index is -0.374. The normalized spacial score (nSPS) is 11.9. The van der Waals surface area contributed by atoms with E-state index in [0.717, 1.165) is 18.4 Å². The third kappa shape index (κ3) is 5.09. The zero-order valence-electron chi connectivity index (χ0n) is 10.2. The van der Waals surface area contributed by atoms with E-state index in [4.69, 9.17) is 16.3 Å². The van der Waals surface area contributed by atoms with E-state index < -0.39 is 0 Å². The number of amides is 1. The molecule has 1 amide bonds. The standard InChI is InChI=1S/C13H18ClNO2/c1-3-4-9-17-13(16)15-10(2)11-5-7-12(14)8-6-11/h5-8,10H,3-4,9H2,1-2H3,(H,15,16)/t10-/m1/s1. The van der Waals surface area contributed by atoms with Gasteiger partial charge in [-0.3, -0.25) is 0 Å². The van der Waals surface area contributed by atoms with Crippen molar-refractivity contribution in [3.8, 4) is 0 Å². The van der Waals surface area contributed by atoms with Gasteiger partial charge in [-0.15, -0.1) is 0 Å². The fourth-order valence-corrected chi connectivity index (χ4v) is 1.49. The van der Waals surface area contributed by atoms with Crippen LogP contribution in [0, 0.1) is 0 Å². The number of carbonyl (C=O) groups is 1. The highest BCUT2D eigenvalue weighted by molar-refractivity contribution is 6.30. The second-order valence-corrected chi connectivity index (χ2v) is 4.34. The van der Waals surface area contributed by atoms with E-state index in [0.29, 0.717) is 11.6 Å². The van der Waals surface area contributed by atoms with Gasteiger partial charge in [-0.2, -0.15) is 0 Å². The lowest BCUT2D eigenvalue weighted by molar-refractivity contribution is 0.141. The zero-order valence-corrected chi connectivity index (χ0v) is 11.0. The molecule has 0 aliphatic carbocycles. The van der Waals surface area contributed by atoms with E-state index in [1.54, 1.807) is 12.1 Å². The third-order valence-corrected chi connectivity index (χ3v) is 2.69. The van der Waals surface area contributed by atoms with Crippen molar-refractivity contribution in [2.24, 2.45) is 0 Å². The minimum Gasteiger partial charge on any atom is -0.450 e. The lowest BCUT2D eigenvalue weighted by atomic mass is 10.1. The van der Waals surface area contributed by atoms with Gasteiger partial charge in [0.05, 0.1) is 12.6 Å². The largest absolute Gasteiger partial charge is 0.450 e. The first-order valence-corrected chi connectivity index (χ1v) is 6.20. The predicted octanol–water partition coefficient (Wildman–Crippen LogP) is 3.93. The molecule has 1 atom stereocenters. The molecule has 1 N–H and O–H groups in total. The Morgan fingerprint density at radius 1 is 1.41 bits per heavy atom. The molecule has 0 saturated carbocycles. The summed E-state index contributed by atoms with van der Waals surface area (Å²) in [6, 6.07) is 7.30. The van der Waals surface area contributed by atoms with Gasteiger partial charge in [0, 0.05) is 5.02 Å². The van der Waals surface area contributed by atoms with Crippen molar-refractivity contribution >= 4 is 17.7 Å². The number of hydrogen-bond acceptors (Lipinski definition) is 2. The number of benzene rings is 1. The van der Waals surface area contributed by atoms with Gasteiger partial charge in [0.2, 0.25) is 0 Å². The van der Waals surface area contributed by atoms with Crippen LogP contribution >= 0.6 is 11.6 Å². The van der Waals surface area contributed by atoms with Crippen LogP contribution in [0.1, 0.15) is 38.3 Å². The maximum Gasteiger partial charge on any atom is 0.407 e. The molecule has 0 saturated heterocycles. The molecule has 4 heteroatoms. The highest BCUT2D eigenvalue weighted by Gasteiger charge is 2.09. The van der Waals surface area contributed by atoms with E-state index >= 15 is 0 Å². The molecule has 0 aliphatic heterocycles. The maximum absolute atomic E-state index is 11.4. The van der Waals surface area contributed by atoms with Crippen molar-refractivity contribution in [2.75, 3.05) is 6.61 Å². The number of nitrogens with one attached hydrogen (secondary N) is 1. The number of rotatable bonds is 5. The molecule has 17 heavy (non-hydrogen) atoms. The number of carbonyl (C=O) groups excluding carboxylic acids is 1. The first kappa shape index (κ1) is 13.8. The summed E-state index contributed by atoms with van der Waals surface area (Å²) >= 11 is 5.79. The van der Waals surface area contributed by atoms with Crippen molar-refractivity contribution in [1.82, 2.24) is 5.32 Å². The number of ether oxygens (including phenoxy) is 1. The van der Waals surface area contributed by atoms with E-state index in [2.05, 4.69) is 12.2 Å². The Bertz CT molecular complexity index is 351. The summed E-state index contributed by atoms with van der Waals surface area (Å²) in [5.41, 5.74) is 1.00. The minimum absolute atomic E-state index is 0.0820. The highest BCUT2D eigenvalue weighted by atomic mass is 35.5. The first-order chi connectivity index (χ1) is 8.13. The van der Waals surface area contributed by atoms with E-state index in [1.807, 2.05) is 19.1 Å². The molecule has 0 unspecified atom stereocenters. The smallest absolute Gasteiger partial charge is 0.407 e. The van der Waals surface area contributed by atoms with Crippen LogP contribution in [-0.2, 0) is 4.74 Å². The van der Waals surface area contributed by atoms with Crippen LogP contribution < -0.4 is 5.32 Å². The van der Waals surface area contributed by atoms with Gasteiger partial charge in [-0.05, 0) is 31.0 Å². The van der Waals surface area contributed by atoms with Crippen LogP contribution in [0.25, 0.3) is 0 Å². The summed E-state index contributed by atoms with van der Waals surface area (Å²) in [6.07, 6.45) is 1.53. The van der Waals surface area contributed by atoms with Crippen LogP contribution in [-0.4, -0.2) is 12.7 Å². The fraction of sp³-hybridized carbons (Fsp3) is 0.462. The Balaban J connectivity index is 2.40. The Kier molecular flexibility index (Phi) is 5.84. The van der Waals surface area contributed by atoms with Crippen molar-refractivity contribution < 1.29 is 9.53 Å². The van der Waals surface area contributed by atoms with Gasteiger partial charge in [-0.1, -0.05) is 37.1 Å². The molecule has 0 spiro atoms. The Morgan fingerprint density at radius 2 is 2.06 bits per heavy atom. The van der Waals surface area contributed by atoms with Gasteiger partial charge in [-0.25, -0.2) is 4.79 Å². The van der Waals surface area contributed by atoms with E-state index in [-0.39, 0.29) is 12.1 Å². The molecule has 3 nitrogen and oxygen atoms in total. The van der Waals surface area contributed by atoms with Crippen molar-refractivity contribution in [3.63, 3.8) is 0 Å². The van der Waals surface area contributed by atoms with Gasteiger partial charge in [0.15, 0.2) is 0 Å². The van der Waals surface area contributed by atoms with Crippen LogP contribution in [0.2, 0.25) is 5.02 Å². The Morgan fingerprint density at radius 3 is 2.65 bits per heavy atom. The summed E-state index contributed by atoms with van der Waals surface area (Å²) < 4.78 is 5.02. The molecular formula is C13H18ClNO2. The average molecular weight is 256 g/mol. The summed E-state index contributed by atoms with van der Waals surface area (Å²) in [6.45, 7) is 4.43. The lowest BCUT2D eigenvalue weighted by Crippen LogP contribution is -2.27. The molecule has 0 aromatic heterocycles. The van der Waals surface area contributed by atoms with Crippen LogP contribution in [0.15, 0.2) is 24.3 Å². The van der Waals surface area contributed by atoms with Gasteiger partial charge in [0.1, 0.15) is 0 Å². The number of alkyl carbamates (subject to hydrolysis) is 1. The fourth-order valence-electron chi connectivity index (χ4n) is 1.36. The van der Waals surface area contributed by atoms with Crippen molar-refractivity contribution in [1.29, 1.82) is 0 Å². The van der Waals surface area contributed by atoms with Crippen LogP contribution in [0.4, 0.5) is 4.79 Å². The molecule has 1 aromatic rings. The average Bonchev–Trinajstić information content (AvgIpc) is 2.30. The van der Waals surface area contributed by atoms with Gasteiger partial charge in [0.25, 0.3) is 0 Å². The molecular weight excluding hydrogens is 238 g/mol. The third-order valence-electron chi connectivity index (χ3n) is 2.44. The highest BCUT2D eigenvalue weighted by Crippen LogP contribution is 2.15. The molecule has 0 bridgehead atoms. The maximum atomic E-state index is 11.4. The molecule has 1 rings (SSSR count). The Hall–Kier alpha value is -1.22. The van der Waals surface area contributed by atoms with Gasteiger partial charge >= 0.3 is 6.09 Å². The molecule has 94 valence electrons. The van der Waals surface area contributed by atoms with Crippen LogP contribution in [0.5, 0.6) is 0 Å². The topological polar surface area (TPSA) is 38.3 Å². The molecule has 0 aliphatic rings. The second kappa shape index (κ2) is 7.17. The molecule has 0 heterocycles. The Labute approximate surface area is 107 Å². The second-order valence-electron chi connectivity index (χ2n) is 3.91. The summed E-state index contributed by atoms with van der Waals surface area (Å²) in [7, 11) is 0. The molecule has 1 aromatic carbocycles. The molecule has 0 radical (unpaired) electrons. The number of hydrogen-bond donors (Lipinski definition) is 1. The van der Waals surface area contributed by atoms with Crippen molar-refractivity contribution in [2.45, 2.75) is 32.7 Å². The summed E-state index contributed by atoms with van der Waals surface area (Å²) in [4.78, 5) is 11.4. The monoisotopic (exact) mass is 255 g/mol. The lowest BCUT2D eigenvalue weighted by Gasteiger charge is -2.14. The zero-order chi connectivity index (χ0) is 12.7. The number of unbranched alkanes of at least 4 members (excludes halogenated alkanes) is 1. The van der Waals surface area contributed by atoms with E-state index in [1.165, 1.54) is 0 Å². The SMILES string of the molecule is CCCCOC(=O)N[C@H](C)c1ccc(Cl)cc1. The van der Waals surface area contributed by atoms with E-state index in [9.17, 15) is 4.79 Å². The van der Waals surface area contributed by atoms with Crippen molar-refractivity contribution in [3.05, 3.63) is 34.9 Å². The summed E-state index contributed by atoms with van der Waals surface area (Å²) in [5, 5.41) is 3.46. The van der Waals surface area contributed by atoms with Gasteiger partial charge < -0.3 is 10.1 Å². The predicted molar refractivity (Wildman–Crippen MR) is 69.3 cm³/mol.